The predicted molar refractivity (Wildman–Crippen MR) is 67.5 cm³/mol. The number of rotatable bonds is 1. The number of hydrogen-bond donors (Lipinski definition) is 1. The summed E-state index contributed by atoms with van der Waals surface area (Å²) in [6.45, 7) is 4.63. The number of methoxy groups -OCH3 is 1. The van der Waals surface area contributed by atoms with Crippen LogP contribution in [-0.2, 0) is 14.3 Å². The van der Waals surface area contributed by atoms with E-state index in [0.717, 1.165) is 0 Å². The number of piperazine rings is 1. The van der Waals surface area contributed by atoms with Gasteiger partial charge in [-0.25, -0.2) is 4.79 Å². The molecule has 0 aromatic heterocycles. The molecule has 0 aromatic rings. The maximum Gasteiger partial charge on any atom is 0.409 e. The monoisotopic (exact) mass is 271 g/mol. The average molecular weight is 271 g/mol. The van der Waals surface area contributed by atoms with E-state index in [1.54, 1.807) is 9.80 Å². The fourth-order valence-electron chi connectivity index (χ4n) is 2.49. The Morgan fingerprint density at radius 1 is 1.26 bits per heavy atom. The van der Waals surface area contributed by atoms with Gasteiger partial charge in [-0.3, -0.25) is 4.79 Å². The minimum Gasteiger partial charge on any atom is -0.453 e. The second kappa shape index (κ2) is 5.34. The van der Waals surface area contributed by atoms with Crippen molar-refractivity contribution in [3.63, 3.8) is 0 Å². The van der Waals surface area contributed by atoms with Gasteiger partial charge in [0.05, 0.1) is 25.7 Å². The summed E-state index contributed by atoms with van der Waals surface area (Å²) in [5.41, 5.74) is 5.32. The fraction of sp³-hybridized carbons (Fsp3) is 0.833. The summed E-state index contributed by atoms with van der Waals surface area (Å²) in [5, 5.41) is 0. The third-order valence-corrected chi connectivity index (χ3v) is 4.01. The van der Waals surface area contributed by atoms with Gasteiger partial charge in [-0.05, 0) is 6.92 Å². The van der Waals surface area contributed by atoms with Gasteiger partial charge in [-0.2, -0.15) is 0 Å². The number of carbonyl (C=O) groups excluding carboxylic acids is 2. The van der Waals surface area contributed by atoms with Crippen molar-refractivity contribution in [1.82, 2.24) is 9.80 Å². The lowest BCUT2D eigenvalue weighted by Gasteiger charge is -2.38. The number of nitrogens with two attached hydrogens (primary N) is 1. The molecule has 0 aromatic carbocycles. The standard InChI is InChI=1S/C12H21N3O4/c1-12(8-19-7-9(12)13)10(16)14-3-5-15(6-4-14)11(17)18-2/h9H,3-8,13H2,1-2H3. The van der Waals surface area contributed by atoms with Crippen LogP contribution in [0.25, 0.3) is 0 Å². The van der Waals surface area contributed by atoms with Crippen molar-refractivity contribution in [2.45, 2.75) is 13.0 Å². The van der Waals surface area contributed by atoms with E-state index in [1.165, 1.54) is 7.11 Å². The van der Waals surface area contributed by atoms with Crippen LogP contribution in [0.15, 0.2) is 0 Å². The third-order valence-electron chi connectivity index (χ3n) is 4.01. The van der Waals surface area contributed by atoms with E-state index in [-0.39, 0.29) is 18.0 Å². The van der Waals surface area contributed by atoms with Crippen molar-refractivity contribution in [3.8, 4) is 0 Å². The van der Waals surface area contributed by atoms with Gasteiger partial charge in [0.15, 0.2) is 0 Å². The summed E-state index contributed by atoms with van der Waals surface area (Å²) >= 11 is 0. The Kier molecular flexibility index (Phi) is 3.96. The van der Waals surface area contributed by atoms with Crippen molar-refractivity contribution < 1.29 is 19.1 Å². The van der Waals surface area contributed by atoms with E-state index in [9.17, 15) is 9.59 Å². The van der Waals surface area contributed by atoms with Crippen molar-refractivity contribution in [2.24, 2.45) is 11.1 Å². The van der Waals surface area contributed by atoms with Crippen LogP contribution in [-0.4, -0.2) is 74.3 Å². The van der Waals surface area contributed by atoms with Crippen LogP contribution in [0.1, 0.15) is 6.92 Å². The van der Waals surface area contributed by atoms with Gasteiger partial charge < -0.3 is 25.0 Å². The first-order valence-electron chi connectivity index (χ1n) is 6.44. The topological polar surface area (TPSA) is 85.1 Å². The van der Waals surface area contributed by atoms with E-state index in [4.69, 9.17) is 10.5 Å². The molecule has 7 heteroatoms. The van der Waals surface area contributed by atoms with Crippen molar-refractivity contribution in [3.05, 3.63) is 0 Å². The number of hydrogen-bond acceptors (Lipinski definition) is 5. The molecule has 2 rings (SSSR count). The minimum absolute atomic E-state index is 0.0158. The van der Waals surface area contributed by atoms with Gasteiger partial charge in [0.1, 0.15) is 0 Å². The van der Waals surface area contributed by atoms with Crippen LogP contribution < -0.4 is 5.73 Å². The van der Waals surface area contributed by atoms with Gasteiger partial charge in [-0.15, -0.1) is 0 Å². The summed E-state index contributed by atoms with van der Waals surface area (Å²) < 4.78 is 9.97. The Balaban J connectivity index is 1.94. The number of ether oxygens (including phenoxy) is 2. The van der Waals surface area contributed by atoms with Gasteiger partial charge in [-0.1, -0.05) is 0 Å². The number of amides is 2. The van der Waals surface area contributed by atoms with E-state index in [0.29, 0.717) is 39.4 Å². The highest BCUT2D eigenvalue weighted by Gasteiger charge is 2.46. The summed E-state index contributed by atoms with van der Waals surface area (Å²) in [6.07, 6.45) is -0.348. The smallest absolute Gasteiger partial charge is 0.409 e. The maximum absolute atomic E-state index is 12.5. The zero-order valence-corrected chi connectivity index (χ0v) is 11.4. The second-order valence-electron chi connectivity index (χ2n) is 5.29. The van der Waals surface area contributed by atoms with Crippen molar-refractivity contribution in [2.75, 3.05) is 46.5 Å². The molecule has 0 spiro atoms. The Hall–Kier alpha value is -1.34. The Bertz CT molecular complexity index is 368. The molecule has 2 atom stereocenters. The first kappa shape index (κ1) is 14.1. The fourth-order valence-corrected chi connectivity index (χ4v) is 2.49. The van der Waals surface area contributed by atoms with Gasteiger partial charge in [0.2, 0.25) is 5.91 Å². The van der Waals surface area contributed by atoms with E-state index >= 15 is 0 Å². The van der Waals surface area contributed by atoms with Crippen LogP contribution >= 0.6 is 0 Å². The highest BCUT2D eigenvalue weighted by Crippen LogP contribution is 2.29. The molecular weight excluding hydrogens is 250 g/mol. The summed E-state index contributed by atoms with van der Waals surface area (Å²) in [5.74, 6) is 0.0158. The largest absolute Gasteiger partial charge is 0.453 e. The van der Waals surface area contributed by atoms with Crippen LogP contribution in [0.2, 0.25) is 0 Å². The Morgan fingerprint density at radius 2 is 1.84 bits per heavy atom. The lowest BCUT2D eigenvalue weighted by atomic mass is 9.84. The Morgan fingerprint density at radius 3 is 2.32 bits per heavy atom. The number of nitrogens with zero attached hydrogens (tertiary/aromatic N) is 2. The Labute approximate surface area is 112 Å². The lowest BCUT2D eigenvalue weighted by Crippen LogP contribution is -2.57. The van der Waals surface area contributed by atoms with Crippen LogP contribution in [0.4, 0.5) is 4.79 Å². The molecule has 2 fully saturated rings. The molecule has 19 heavy (non-hydrogen) atoms. The first-order valence-corrected chi connectivity index (χ1v) is 6.44. The summed E-state index contributed by atoms with van der Waals surface area (Å²) in [6, 6.07) is -0.265. The zero-order chi connectivity index (χ0) is 14.0. The molecule has 2 aliphatic rings. The van der Waals surface area contributed by atoms with E-state index < -0.39 is 5.41 Å². The third kappa shape index (κ3) is 2.52. The molecule has 2 heterocycles. The molecule has 108 valence electrons. The molecular formula is C12H21N3O4. The normalized spacial score (nSPS) is 31.4. The zero-order valence-electron chi connectivity index (χ0n) is 11.4. The predicted octanol–water partition coefficient (Wildman–Crippen LogP) is -0.739. The summed E-state index contributed by atoms with van der Waals surface area (Å²) in [7, 11) is 1.36. The molecule has 2 saturated heterocycles. The van der Waals surface area contributed by atoms with Gasteiger partial charge in [0.25, 0.3) is 0 Å². The van der Waals surface area contributed by atoms with Gasteiger partial charge >= 0.3 is 6.09 Å². The average Bonchev–Trinajstić information content (AvgIpc) is 2.78. The molecule has 2 N–H and O–H groups in total. The van der Waals surface area contributed by atoms with Crippen molar-refractivity contribution >= 4 is 12.0 Å². The second-order valence-corrected chi connectivity index (χ2v) is 5.29. The highest BCUT2D eigenvalue weighted by molar-refractivity contribution is 5.84. The molecule has 2 aliphatic heterocycles. The summed E-state index contributed by atoms with van der Waals surface area (Å²) in [4.78, 5) is 27.2. The first-order chi connectivity index (χ1) is 8.99. The highest BCUT2D eigenvalue weighted by atomic mass is 16.5. The van der Waals surface area contributed by atoms with Crippen LogP contribution in [0.3, 0.4) is 0 Å². The maximum atomic E-state index is 12.5. The molecule has 2 unspecified atom stereocenters. The van der Waals surface area contributed by atoms with Crippen LogP contribution in [0.5, 0.6) is 0 Å². The molecule has 0 saturated carbocycles. The van der Waals surface area contributed by atoms with Gasteiger partial charge in [0, 0.05) is 32.2 Å². The van der Waals surface area contributed by atoms with Crippen LogP contribution in [0, 0.1) is 5.41 Å². The van der Waals surface area contributed by atoms with E-state index in [2.05, 4.69) is 4.74 Å². The minimum atomic E-state index is -0.645. The molecule has 2 amide bonds. The molecule has 0 aliphatic carbocycles. The van der Waals surface area contributed by atoms with Crippen molar-refractivity contribution in [1.29, 1.82) is 0 Å². The molecule has 7 nitrogen and oxygen atoms in total. The van der Waals surface area contributed by atoms with E-state index in [1.807, 2.05) is 6.92 Å². The molecule has 0 bridgehead atoms. The SMILES string of the molecule is COC(=O)N1CCN(C(=O)C2(C)COCC2N)CC1. The molecule has 0 radical (unpaired) electrons. The quantitative estimate of drug-likeness (QED) is 0.679. The lowest BCUT2D eigenvalue weighted by molar-refractivity contribution is -0.143. The number of carbonyl (C=O) groups is 2.